The van der Waals surface area contributed by atoms with Crippen molar-refractivity contribution in [1.82, 2.24) is 9.55 Å². The number of imidazole rings is 1. The maximum Gasteiger partial charge on any atom is 0.120 e. The summed E-state index contributed by atoms with van der Waals surface area (Å²) in [6.07, 6.45) is 6.72. The fourth-order valence-corrected chi connectivity index (χ4v) is 2.40. The topological polar surface area (TPSA) is 27.1 Å². The molecule has 0 aliphatic heterocycles. The van der Waals surface area contributed by atoms with Gasteiger partial charge in [0, 0.05) is 30.4 Å². The fraction of sp³-hybridized carbons (Fsp3) is 0.438. The molecular weight excluding hydrogens is 272 g/mol. The molecule has 0 atom stereocenters. The van der Waals surface area contributed by atoms with E-state index in [0.717, 1.165) is 54.6 Å². The molecule has 108 valence electrons. The lowest BCUT2D eigenvalue weighted by Crippen LogP contribution is -2.05. The van der Waals surface area contributed by atoms with Gasteiger partial charge in [-0.05, 0) is 30.5 Å². The first-order chi connectivity index (χ1) is 9.74. The molecule has 0 N–H and O–H groups in total. The molecule has 0 saturated carbocycles. The Bertz CT molecular complexity index is 551. The normalized spacial score (nSPS) is 10.8. The summed E-state index contributed by atoms with van der Waals surface area (Å²) < 4.78 is 7.76. The second kappa shape index (κ2) is 7.34. The van der Waals surface area contributed by atoms with Crippen molar-refractivity contribution >= 4 is 11.6 Å². The van der Waals surface area contributed by atoms with Gasteiger partial charge in [-0.15, -0.1) is 0 Å². The van der Waals surface area contributed by atoms with E-state index in [1.807, 2.05) is 24.5 Å². The Labute approximate surface area is 125 Å². The Morgan fingerprint density at radius 1 is 1.30 bits per heavy atom. The third kappa shape index (κ3) is 3.76. The van der Waals surface area contributed by atoms with E-state index >= 15 is 0 Å². The number of hydrogen-bond donors (Lipinski definition) is 0. The van der Waals surface area contributed by atoms with Crippen molar-refractivity contribution in [3.05, 3.63) is 47.0 Å². The molecule has 3 nitrogen and oxygen atoms in total. The molecule has 1 aromatic heterocycles. The summed E-state index contributed by atoms with van der Waals surface area (Å²) in [4.78, 5) is 4.33. The van der Waals surface area contributed by atoms with Gasteiger partial charge in [0.05, 0.1) is 6.61 Å². The zero-order valence-electron chi connectivity index (χ0n) is 12.1. The van der Waals surface area contributed by atoms with Crippen molar-refractivity contribution in [2.45, 2.75) is 39.7 Å². The molecule has 2 aromatic rings. The standard InChI is InChI=1S/C16H21ClN2O/c1-3-11-20-14-6-5-13(15(17)12-14)7-9-19-10-8-18-16(19)4-2/h5-6,8,10,12H,3-4,7,9,11H2,1-2H3. The fourth-order valence-electron chi connectivity index (χ4n) is 2.14. The van der Waals surface area contributed by atoms with Crippen LogP contribution < -0.4 is 4.74 Å². The highest BCUT2D eigenvalue weighted by Gasteiger charge is 2.05. The van der Waals surface area contributed by atoms with Crippen molar-refractivity contribution in [2.75, 3.05) is 6.61 Å². The maximum atomic E-state index is 6.32. The molecule has 0 unspecified atom stereocenters. The zero-order chi connectivity index (χ0) is 14.4. The van der Waals surface area contributed by atoms with Crippen LogP contribution in [-0.4, -0.2) is 16.2 Å². The van der Waals surface area contributed by atoms with Crippen LogP contribution in [0.15, 0.2) is 30.6 Å². The van der Waals surface area contributed by atoms with Gasteiger partial charge in [0.25, 0.3) is 0 Å². The van der Waals surface area contributed by atoms with Crippen LogP contribution in [0.3, 0.4) is 0 Å². The quantitative estimate of drug-likeness (QED) is 0.767. The van der Waals surface area contributed by atoms with E-state index < -0.39 is 0 Å². The Morgan fingerprint density at radius 3 is 2.85 bits per heavy atom. The van der Waals surface area contributed by atoms with Crippen molar-refractivity contribution in [3.8, 4) is 5.75 Å². The van der Waals surface area contributed by atoms with E-state index in [2.05, 4.69) is 29.5 Å². The summed E-state index contributed by atoms with van der Waals surface area (Å²) in [5, 5.41) is 0.775. The van der Waals surface area contributed by atoms with Crippen LogP contribution in [0.1, 0.15) is 31.7 Å². The van der Waals surface area contributed by atoms with Gasteiger partial charge < -0.3 is 9.30 Å². The van der Waals surface area contributed by atoms with Crippen LogP contribution >= 0.6 is 11.6 Å². The lowest BCUT2D eigenvalue weighted by atomic mass is 10.1. The van der Waals surface area contributed by atoms with Gasteiger partial charge in [0.2, 0.25) is 0 Å². The van der Waals surface area contributed by atoms with Crippen LogP contribution in [-0.2, 0) is 19.4 Å². The lowest BCUT2D eigenvalue weighted by molar-refractivity contribution is 0.317. The first kappa shape index (κ1) is 14.9. The first-order valence-electron chi connectivity index (χ1n) is 7.15. The Morgan fingerprint density at radius 2 is 2.15 bits per heavy atom. The predicted molar refractivity (Wildman–Crippen MR) is 82.5 cm³/mol. The Balaban J connectivity index is 1.99. The van der Waals surface area contributed by atoms with Crippen molar-refractivity contribution in [2.24, 2.45) is 0 Å². The Hall–Kier alpha value is -1.48. The van der Waals surface area contributed by atoms with Crippen molar-refractivity contribution in [3.63, 3.8) is 0 Å². The van der Waals surface area contributed by atoms with E-state index in [-0.39, 0.29) is 0 Å². The number of aromatic nitrogens is 2. The molecule has 20 heavy (non-hydrogen) atoms. The number of hydrogen-bond acceptors (Lipinski definition) is 2. The SMILES string of the molecule is CCCOc1ccc(CCn2ccnc2CC)c(Cl)c1. The van der Waals surface area contributed by atoms with E-state index in [1.165, 1.54) is 0 Å². The molecule has 0 spiro atoms. The minimum absolute atomic E-state index is 0.727. The van der Waals surface area contributed by atoms with Gasteiger partial charge in [-0.25, -0.2) is 4.98 Å². The van der Waals surface area contributed by atoms with Gasteiger partial charge in [-0.1, -0.05) is 31.5 Å². The molecule has 0 bridgehead atoms. The van der Waals surface area contributed by atoms with Gasteiger partial charge in [-0.3, -0.25) is 0 Å². The van der Waals surface area contributed by atoms with E-state index in [4.69, 9.17) is 16.3 Å². The highest BCUT2D eigenvalue weighted by atomic mass is 35.5. The van der Waals surface area contributed by atoms with Crippen LogP contribution in [0.2, 0.25) is 5.02 Å². The molecule has 0 fully saturated rings. The largest absolute Gasteiger partial charge is 0.494 e. The van der Waals surface area contributed by atoms with E-state index in [1.54, 1.807) is 0 Å². The van der Waals surface area contributed by atoms with Crippen molar-refractivity contribution < 1.29 is 4.74 Å². The van der Waals surface area contributed by atoms with Crippen LogP contribution in [0.5, 0.6) is 5.75 Å². The average molecular weight is 293 g/mol. The predicted octanol–water partition coefficient (Wildman–Crippen LogP) is 4.13. The number of ether oxygens (including phenoxy) is 1. The second-order valence-electron chi connectivity index (χ2n) is 4.74. The number of rotatable bonds is 7. The summed E-state index contributed by atoms with van der Waals surface area (Å²) >= 11 is 6.32. The summed E-state index contributed by atoms with van der Waals surface area (Å²) in [6.45, 7) is 5.83. The molecule has 1 heterocycles. The van der Waals surface area contributed by atoms with Crippen LogP contribution in [0, 0.1) is 0 Å². The molecule has 0 radical (unpaired) electrons. The number of halogens is 1. The molecular formula is C16H21ClN2O. The second-order valence-corrected chi connectivity index (χ2v) is 5.15. The molecule has 4 heteroatoms. The molecule has 0 amide bonds. The summed E-state index contributed by atoms with van der Waals surface area (Å²) in [5.41, 5.74) is 1.14. The summed E-state index contributed by atoms with van der Waals surface area (Å²) in [6, 6.07) is 5.95. The Kier molecular flexibility index (Phi) is 5.48. The van der Waals surface area contributed by atoms with Crippen LogP contribution in [0.25, 0.3) is 0 Å². The molecule has 0 aliphatic rings. The number of nitrogens with zero attached hydrogens (tertiary/aromatic N) is 2. The van der Waals surface area contributed by atoms with Gasteiger partial charge in [0.15, 0.2) is 0 Å². The number of benzene rings is 1. The van der Waals surface area contributed by atoms with E-state index in [0.29, 0.717) is 0 Å². The molecule has 0 saturated heterocycles. The highest BCUT2D eigenvalue weighted by molar-refractivity contribution is 6.31. The molecule has 2 rings (SSSR count). The minimum atomic E-state index is 0.727. The summed E-state index contributed by atoms with van der Waals surface area (Å²) in [7, 11) is 0. The summed E-state index contributed by atoms with van der Waals surface area (Å²) in [5.74, 6) is 1.96. The zero-order valence-corrected chi connectivity index (χ0v) is 12.9. The van der Waals surface area contributed by atoms with Gasteiger partial charge in [0.1, 0.15) is 11.6 Å². The molecule has 0 aliphatic carbocycles. The van der Waals surface area contributed by atoms with Crippen molar-refractivity contribution in [1.29, 1.82) is 0 Å². The number of aryl methyl sites for hydroxylation is 3. The van der Waals surface area contributed by atoms with Gasteiger partial charge >= 0.3 is 0 Å². The third-order valence-electron chi connectivity index (χ3n) is 3.24. The minimum Gasteiger partial charge on any atom is -0.494 e. The molecule has 1 aromatic carbocycles. The van der Waals surface area contributed by atoms with Gasteiger partial charge in [-0.2, -0.15) is 0 Å². The first-order valence-corrected chi connectivity index (χ1v) is 7.53. The lowest BCUT2D eigenvalue weighted by Gasteiger charge is -2.10. The smallest absolute Gasteiger partial charge is 0.120 e. The van der Waals surface area contributed by atoms with Crippen LogP contribution in [0.4, 0.5) is 0 Å². The third-order valence-corrected chi connectivity index (χ3v) is 3.59. The monoisotopic (exact) mass is 292 g/mol. The van der Waals surface area contributed by atoms with E-state index in [9.17, 15) is 0 Å². The average Bonchev–Trinajstić information content (AvgIpc) is 2.91. The highest BCUT2D eigenvalue weighted by Crippen LogP contribution is 2.23. The maximum absolute atomic E-state index is 6.32.